The lowest BCUT2D eigenvalue weighted by Gasteiger charge is -2.28. The summed E-state index contributed by atoms with van der Waals surface area (Å²) in [5.74, 6) is 0. The third-order valence-corrected chi connectivity index (χ3v) is 6.66. The van der Waals surface area contributed by atoms with E-state index in [1.165, 1.54) is 39.3 Å². The van der Waals surface area contributed by atoms with Gasteiger partial charge in [-0.1, -0.05) is 30.7 Å². The van der Waals surface area contributed by atoms with Gasteiger partial charge in [-0.05, 0) is 88.1 Å². The second kappa shape index (κ2) is 8.46. The zero-order valence-electron chi connectivity index (χ0n) is 19.4. The average molecular weight is 433 g/mol. The second-order valence-corrected chi connectivity index (χ2v) is 9.12. The Morgan fingerprint density at radius 1 is 1.03 bits per heavy atom. The number of pyridine rings is 1. The van der Waals surface area contributed by atoms with Crippen LogP contribution in [0.25, 0.3) is 5.69 Å². The van der Waals surface area contributed by atoms with Gasteiger partial charge in [-0.15, -0.1) is 0 Å². The molecule has 0 amide bonds. The summed E-state index contributed by atoms with van der Waals surface area (Å²) in [5, 5.41) is 4.38. The Morgan fingerprint density at radius 3 is 2.35 bits per heavy atom. The van der Waals surface area contributed by atoms with Crippen molar-refractivity contribution < 1.29 is 0 Å². The van der Waals surface area contributed by atoms with Crippen molar-refractivity contribution in [2.45, 2.75) is 60.0 Å². The fourth-order valence-corrected chi connectivity index (χ4v) is 5.51. The van der Waals surface area contributed by atoms with E-state index >= 15 is 0 Å². The highest BCUT2D eigenvalue weighted by Crippen LogP contribution is 2.41. The molecule has 4 nitrogen and oxygen atoms in total. The Hall–Kier alpha value is -2.66. The lowest BCUT2D eigenvalue weighted by atomic mass is 9.96. The topological polar surface area (TPSA) is 33.1 Å². The molecule has 0 bridgehead atoms. The molecule has 0 unspecified atom stereocenters. The Kier molecular flexibility index (Phi) is 5.89. The molecule has 1 fully saturated rings. The SMILES string of the molecule is CCCN1C(=S)N[C@H](c2ccccn2)[C@H]1c1cc(C)n(-c2c(C)cc(C)cc2C)c1C. The number of aromatic nitrogens is 2. The van der Waals surface area contributed by atoms with Gasteiger partial charge in [0.2, 0.25) is 0 Å². The van der Waals surface area contributed by atoms with E-state index in [2.05, 4.69) is 91.6 Å². The summed E-state index contributed by atoms with van der Waals surface area (Å²) in [6, 6.07) is 13.1. The van der Waals surface area contributed by atoms with Crippen LogP contribution in [0.1, 0.15) is 64.8 Å². The first-order chi connectivity index (χ1) is 14.8. The highest BCUT2D eigenvalue weighted by molar-refractivity contribution is 7.80. The molecule has 2 atom stereocenters. The van der Waals surface area contributed by atoms with Crippen molar-refractivity contribution in [1.82, 2.24) is 19.8 Å². The molecule has 4 rings (SSSR count). The van der Waals surface area contributed by atoms with Crippen molar-refractivity contribution in [3.05, 3.63) is 81.9 Å². The summed E-state index contributed by atoms with van der Waals surface area (Å²) in [6.45, 7) is 14.1. The van der Waals surface area contributed by atoms with Crippen molar-refractivity contribution in [2.75, 3.05) is 6.54 Å². The van der Waals surface area contributed by atoms with Crippen molar-refractivity contribution in [1.29, 1.82) is 0 Å². The van der Waals surface area contributed by atoms with Crippen molar-refractivity contribution in [3.63, 3.8) is 0 Å². The van der Waals surface area contributed by atoms with Gasteiger partial charge < -0.3 is 14.8 Å². The highest BCUT2D eigenvalue weighted by Gasteiger charge is 2.41. The van der Waals surface area contributed by atoms with Gasteiger partial charge in [0.05, 0.1) is 23.5 Å². The third kappa shape index (κ3) is 3.76. The summed E-state index contributed by atoms with van der Waals surface area (Å²) in [5.41, 5.74) is 10.1. The van der Waals surface area contributed by atoms with Crippen LogP contribution in [0.5, 0.6) is 0 Å². The average Bonchev–Trinajstić information content (AvgIpc) is 3.19. The fraction of sp³-hybridized carbons (Fsp3) is 0.385. The summed E-state index contributed by atoms with van der Waals surface area (Å²) in [6.07, 6.45) is 2.91. The molecule has 2 aromatic heterocycles. The smallest absolute Gasteiger partial charge is 0.170 e. The Balaban J connectivity index is 1.88. The monoisotopic (exact) mass is 432 g/mol. The van der Waals surface area contributed by atoms with Crippen molar-refractivity contribution in [3.8, 4) is 5.69 Å². The van der Waals surface area contributed by atoms with Crippen LogP contribution in [0.2, 0.25) is 0 Å². The maximum absolute atomic E-state index is 5.77. The van der Waals surface area contributed by atoms with Crippen LogP contribution < -0.4 is 5.32 Å². The maximum Gasteiger partial charge on any atom is 0.170 e. The molecule has 3 heterocycles. The van der Waals surface area contributed by atoms with Gasteiger partial charge in [-0.25, -0.2) is 0 Å². The Morgan fingerprint density at radius 2 is 1.74 bits per heavy atom. The van der Waals surface area contributed by atoms with E-state index < -0.39 is 0 Å². The van der Waals surface area contributed by atoms with E-state index in [0.29, 0.717) is 0 Å². The second-order valence-electron chi connectivity index (χ2n) is 8.73. The third-order valence-electron chi connectivity index (χ3n) is 6.31. The normalized spacial score (nSPS) is 18.5. The zero-order chi connectivity index (χ0) is 22.3. The molecule has 0 saturated carbocycles. The molecule has 162 valence electrons. The van der Waals surface area contributed by atoms with Crippen LogP contribution in [0, 0.1) is 34.6 Å². The van der Waals surface area contributed by atoms with Gasteiger partial charge in [-0.2, -0.15) is 0 Å². The molecule has 3 aromatic rings. The summed E-state index contributed by atoms with van der Waals surface area (Å²) in [7, 11) is 0. The first kappa shape index (κ1) is 21.6. The molecule has 1 aromatic carbocycles. The van der Waals surface area contributed by atoms with Crippen LogP contribution in [0.4, 0.5) is 0 Å². The Labute approximate surface area is 191 Å². The van der Waals surface area contributed by atoms with Gasteiger partial charge in [-0.3, -0.25) is 4.98 Å². The van der Waals surface area contributed by atoms with Crippen LogP contribution in [0.15, 0.2) is 42.6 Å². The molecule has 0 aliphatic carbocycles. The molecule has 1 N–H and O–H groups in total. The van der Waals surface area contributed by atoms with Crippen molar-refractivity contribution >= 4 is 17.3 Å². The van der Waals surface area contributed by atoms with E-state index in [9.17, 15) is 0 Å². The standard InChI is InChI=1S/C26H32N4S/c1-7-12-29-25(23(28-26(29)31)22-10-8-9-11-27-22)21-15-19(5)30(20(21)6)24-17(3)13-16(2)14-18(24)4/h8-11,13-15,23,25H,7,12H2,1-6H3,(H,28,31)/t23-,25-/m1/s1. The molecular formula is C26H32N4S. The minimum absolute atomic E-state index is 0.0365. The van der Waals surface area contributed by atoms with E-state index in [1.807, 2.05) is 12.3 Å². The quantitative estimate of drug-likeness (QED) is 0.517. The molecule has 1 aliphatic heterocycles. The van der Waals surface area contributed by atoms with Gasteiger partial charge >= 0.3 is 0 Å². The van der Waals surface area contributed by atoms with Crippen LogP contribution in [0.3, 0.4) is 0 Å². The zero-order valence-corrected chi connectivity index (χ0v) is 20.2. The van der Waals surface area contributed by atoms with Crippen LogP contribution >= 0.6 is 12.2 Å². The summed E-state index contributed by atoms with van der Waals surface area (Å²) < 4.78 is 2.42. The summed E-state index contributed by atoms with van der Waals surface area (Å²) >= 11 is 5.77. The number of hydrogen-bond acceptors (Lipinski definition) is 2. The van der Waals surface area contributed by atoms with Crippen LogP contribution in [-0.4, -0.2) is 26.1 Å². The maximum atomic E-state index is 5.77. The number of rotatable bonds is 5. The Bertz CT molecular complexity index is 1090. The largest absolute Gasteiger partial charge is 0.352 e. The first-order valence-corrected chi connectivity index (χ1v) is 11.5. The number of benzene rings is 1. The van der Waals surface area contributed by atoms with Crippen LogP contribution in [-0.2, 0) is 0 Å². The number of thiocarbonyl (C=S) groups is 1. The molecule has 1 aliphatic rings. The predicted molar refractivity (Wildman–Crippen MR) is 132 cm³/mol. The minimum Gasteiger partial charge on any atom is -0.352 e. The fourth-order valence-electron chi connectivity index (χ4n) is 5.18. The molecular weight excluding hydrogens is 400 g/mol. The molecule has 31 heavy (non-hydrogen) atoms. The lowest BCUT2D eigenvalue weighted by Crippen LogP contribution is -2.30. The number of nitrogens with one attached hydrogen (secondary N) is 1. The van der Waals surface area contributed by atoms with Gasteiger partial charge in [0.25, 0.3) is 0 Å². The van der Waals surface area contributed by atoms with Crippen molar-refractivity contribution in [2.24, 2.45) is 0 Å². The lowest BCUT2D eigenvalue weighted by molar-refractivity contribution is 0.316. The summed E-state index contributed by atoms with van der Waals surface area (Å²) in [4.78, 5) is 7.01. The van der Waals surface area contributed by atoms with E-state index in [4.69, 9.17) is 12.2 Å². The van der Waals surface area contributed by atoms with Gasteiger partial charge in [0, 0.05) is 24.1 Å². The first-order valence-electron chi connectivity index (χ1n) is 11.1. The highest BCUT2D eigenvalue weighted by atomic mass is 32.1. The minimum atomic E-state index is 0.0365. The molecule has 5 heteroatoms. The predicted octanol–water partition coefficient (Wildman–Crippen LogP) is 5.80. The number of nitrogens with zero attached hydrogens (tertiary/aromatic N) is 3. The van der Waals surface area contributed by atoms with Gasteiger partial charge in [0.15, 0.2) is 5.11 Å². The molecule has 0 radical (unpaired) electrons. The molecule has 1 saturated heterocycles. The van der Waals surface area contributed by atoms with Gasteiger partial charge in [0.1, 0.15) is 0 Å². The van der Waals surface area contributed by atoms with E-state index in [0.717, 1.165) is 23.8 Å². The van der Waals surface area contributed by atoms with E-state index in [1.54, 1.807) is 0 Å². The van der Waals surface area contributed by atoms with E-state index in [-0.39, 0.29) is 12.1 Å². The molecule has 0 spiro atoms. The number of aryl methyl sites for hydroxylation is 4. The number of hydrogen-bond donors (Lipinski definition) is 1.